The predicted octanol–water partition coefficient (Wildman–Crippen LogP) is 5.27. The summed E-state index contributed by atoms with van der Waals surface area (Å²) in [4.78, 5) is 11.7. The summed E-state index contributed by atoms with van der Waals surface area (Å²) in [5.74, 6) is 0.404. The van der Waals surface area contributed by atoms with E-state index in [9.17, 15) is 13.2 Å². The van der Waals surface area contributed by atoms with Gasteiger partial charge in [0, 0.05) is 16.9 Å². The zero-order valence-electron chi connectivity index (χ0n) is 13.4. The second-order valence-electron chi connectivity index (χ2n) is 5.29. The SMILES string of the molecule is Nc1c(Nc2ccc(Cl)cc2)ncnc1Nc1ncc(C(F)(F)F)cc1Cl. The fraction of sp³-hybridized carbons (Fsp3) is 0.0625. The summed E-state index contributed by atoms with van der Waals surface area (Å²) in [6, 6.07) is 7.59. The molecule has 1 aromatic carbocycles. The van der Waals surface area contributed by atoms with Crippen LogP contribution in [0.1, 0.15) is 5.56 Å². The van der Waals surface area contributed by atoms with Crippen molar-refractivity contribution in [3.63, 3.8) is 0 Å². The molecule has 0 unspecified atom stereocenters. The van der Waals surface area contributed by atoms with Crippen LogP contribution < -0.4 is 16.4 Å². The van der Waals surface area contributed by atoms with E-state index in [1.54, 1.807) is 24.3 Å². The molecule has 0 radical (unpaired) electrons. The van der Waals surface area contributed by atoms with Crippen LogP contribution in [0.2, 0.25) is 10.0 Å². The molecule has 0 bridgehead atoms. The Hall–Kier alpha value is -2.78. The number of aromatic nitrogens is 3. The minimum Gasteiger partial charge on any atom is -0.393 e. The van der Waals surface area contributed by atoms with Crippen LogP contribution >= 0.6 is 23.2 Å². The maximum atomic E-state index is 12.7. The molecule has 0 saturated heterocycles. The van der Waals surface area contributed by atoms with E-state index in [-0.39, 0.29) is 28.2 Å². The van der Waals surface area contributed by atoms with E-state index >= 15 is 0 Å². The van der Waals surface area contributed by atoms with Crippen molar-refractivity contribution in [2.24, 2.45) is 0 Å². The Bertz CT molecular complexity index is 963. The van der Waals surface area contributed by atoms with Gasteiger partial charge in [-0.1, -0.05) is 23.2 Å². The highest BCUT2D eigenvalue weighted by atomic mass is 35.5. The number of rotatable bonds is 4. The van der Waals surface area contributed by atoms with E-state index in [1.165, 1.54) is 6.33 Å². The average Bonchev–Trinajstić information content (AvgIpc) is 2.61. The topological polar surface area (TPSA) is 88.8 Å². The summed E-state index contributed by atoms with van der Waals surface area (Å²) >= 11 is 11.7. The highest BCUT2D eigenvalue weighted by Crippen LogP contribution is 2.34. The molecule has 0 aliphatic carbocycles. The largest absolute Gasteiger partial charge is 0.417 e. The molecule has 0 atom stereocenters. The number of nitrogens with two attached hydrogens (primary N) is 1. The molecule has 0 spiro atoms. The van der Waals surface area contributed by atoms with Crippen molar-refractivity contribution in [2.45, 2.75) is 6.18 Å². The van der Waals surface area contributed by atoms with Crippen LogP contribution in [-0.4, -0.2) is 15.0 Å². The van der Waals surface area contributed by atoms with E-state index in [1.807, 2.05) is 0 Å². The van der Waals surface area contributed by atoms with Crippen LogP contribution in [0, 0.1) is 0 Å². The van der Waals surface area contributed by atoms with Gasteiger partial charge in [-0.25, -0.2) is 15.0 Å². The minimum atomic E-state index is -4.54. The Labute approximate surface area is 161 Å². The lowest BCUT2D eigenvalue weighted by Gasteiger charge is -2.14. The number of halogens is 5. The molecule has 6 nitrogen and oxygen atoms in total. The van der Waals surface area contributed by atoms with Crippen molar-refractivity contribution >= 4 is 52.0 Å². The summed E-state index contributed by atoms with van der Waals surface area (Å²) < 4.78 is 38.1. The molecule has 0 aliphatic rings. The van der Waals surface area contributed by atoms with Crippen LogP contribution in [0.25, 0.3) is 0 Å². The molecule has 2 aromatic heterocycles. The lowest BCUT2D eigenvalue weighted by Crippen LogP contribution is -2.08. The number of pyridine rings is 1. The van der Waals surface area contributed by atoms with Gasteiger partial charge in [0.15, 0.2) is 11.6 Å². The summed E-state index contributed by atoms with van der Waals surface area (Å²) in [7, 11) is 0. The quantitative estimate of drug-likeness (QED) is 0.538. The zero-order chi connectivity index (χ0) is 19.6. The monoisotopic (exact) mass is 414 g/mol. The number of hydrogen-bond donors (Lipinski definition) is 3. The first-order valence-electron chi connectivity index (χ1n) is 7.37. The highest BCUT2D eigenvalue weighted by molar-refractivity contribution is 6.33. The van der Waals surface area contributed by atoms with Crippen LogP contribution in [0.5, 0.6) is 0 Å². The first-order chi connectivity index (χ1) is 12.7. The van der Waals surface area contributed by atoms with Crippen LogP contribution in [-0.2, 0) is 6.18 Å². The van der Waals surface area contributed by atoms with E-state index in [0.29, 0.717) is 16.9 Å². The minimum absolute atomic E-state index is 0.0208. The van der Waals surface area contributed by atoms with E-state index in [4.69, 9.17) is 28.9 Å². The third kappa shape index (κ3) is 4.50. The lowest BCUT2D eigenvalue weighted by atomic mass is 10.2. The van der Waals surface area contributed by atoms with Crippen LogP contribution in [0.4, 0.5) is 42.0 Å². The number of anilines is 5. The molecule has 0 saturated carbocycles. The van der Waals surface area contributed by atoms with Crippen molar-refractivity contribution in [1.82, 2.24) is 15.0 Å². The molecule has 4 N–H and O–H groups in total. The molecular formula is C16H11Cl2F3N6. The number of benzene rings is 1. The predicted molar refractivity (Wildman–Crippen MR) is 98.7 cm³/mol. The van der Waals surface area contributed by atoms with Gasteiger partial charge in [0.25, 0.3) is 0 Å². The van der Waals surface area contributed by atoms with Gasteiger partial charge in [0.2, 0.25) is 0 Å². The van der Waals surface area contributed by atoms with Gasteiger partial charge in [-0.2, -0.15) is 13.2 Å². The Morgan fingerprint density at radius 3 is 2.11 bits per heavy atom. The number of nitrogens with one attached hydrogen (secondary N) is 2. The second-order valence-corrected chi connectivity index (χ2v) is 6.14. The zero-order valence-corrected chi connectivity index (χ0v) is 14.9. The van der Waals surface area contributed by atoms with E-state index < -0.39 is 11.7 Å². The third-order valence-electron chi connectivity index (χ3n) is 3.40. The first kappa shape index (κ1) is 19.0. The number of nitrogen functional groups attached to an aromatic ring is 1. The van der Waals surface area contributed by atoms with Crippen molar-refractivity contribution in [3.8, 4) is 0 Å². The molecule has 0 fully saturated rings. The van der Waals surface area contributed by atoms with Crippen LogP contribution in [0.15, 0.2) is 42.9 Å². The lowest BCUT2D eigenvalue weighted by molar-refractivity contribution is -0.137. The molecule has 3 rings (SSSR count). The third-order valence-corrected chi connectivity index (χ3v) is 3.94. The van der Waals surface area contributed by atoms with Gasteiger partial charge in [-0.3, -0.25) is 0 Å². The average molecular weight is 415 g/mol. The van der Waals surface area contributed by atoms with Gasteiger partial charge in [-0.05, 0) is 30.3 Å². The Kier molecular flexibility index (Phi) is 5.24. The first-order valence-corrected chi connectivity index (χ1v) is 8.12. The van der Waals surface area contributed by atoms with Crippen molar-refractivity contribution in [2.75, 3.05) is 16.4 Å². The summed E-state index contributed by atoms with van der Waals surface area (Å²) in [5, 5.41) is 6.04. The molecule has 0 aliphatic heterocycles. The Morgan fingerprint density at radius 2 is 1.52 bits per heavy atom. The molecule has 0 amide bonds. The standard InChI is InChI=1S/C16H11Cl2F3N6/c17-9-1-3-10(4-2-9)26-14-12(22)15(25-7-24-14)27-13-11(18)5-8(6-23-13)16(19,20)21/h1-7H,22H2,(H2,23,24,25,26,27). The molecule has 3 aromatic rings. The van der Waals surface area contributed by atoms with E-state index in [2.05, 4.69) is 25.6 Å². The van der Waals surface area contributed by atoms with Gasteiger partial charge in [-0.15, -0.1) is 0 Å². The maximum Gasteiger partial charge on any atom is 0.417 e. The van der Waals surface area contributed by atoms with Crippen LogP contribution in [0.3, 0.4) is 0 Å². The number of hydrogen-bond acceptors (Lipinski definition) is 6. The normalized spacial score (nSPS) is 11.3. The highest BCUT2D eigenvalue weighted by Gasteiger charge is 2.31. The summed E-state index contributed by atoms with van der Waals surface area (Å²) in [5.41, 5.74) is 5.88. The fourth-order valence-electron chi connectivity index (χ4n) is 2.06. The van der Waals surface area contributed by atoms with Crippen molar-refractivity contribution in [3.05, 3.63) is 58.5 Å². The van der Waals surface area contributed by atoms with Gasteiger partial charge < -0.3 is 16.4 Å². The Balaban J connectivity index is 1.85. The number of alkyl halides is 3. The summed E-state index contributed by atoms with van der Waals surface area (Å²) in [6.45, 7) is 0. The summed E-state index contributed by atoms with van der Waals surface area (Å²) in [6.07, 6.45) is -2.65. The molecule has 2 heterocycles. The molecule has 140 valence electrons. The molecular weight excluding hydrogens is 404 g/mol. The fourth-order valence-corrected chi connectivity index (χ4v) is 2.40. The second kappa shape index (κ2) is 7.45. The van der Waals surface area contributed by atoms with Gasteiger partial charge >= 0.3 is 6.18 Å². The molecule has 27 heavy (non-hydrogen) atoms. The van der Waals surface area contributed by atoms with Gasteiger partial charge in [0.1, 0.15) is 17.8 Å². The molecule has 11 heteroatoms. The van der Waals surface area contributed by atoms with Gasteiger partial charge in [0.05, 0.1) is 10.6 Å². The Morgan fingerprint density at radius 1 is 0.889 bits per heavy atom. The van der Waals surface area contributed by atoms with Crippen molar-refractivity contribution < 1.29 is 13.2 Å². The number of nitrogens with zero attached hydrogens (tertiary/aromatic N) is 3. The maximum absolute atomic E-state index is 12.7. The smallest absolute Gasteiger partial charge is 0.393 e. The van der Waals surface area contributed by atoms with Crippen molar-refractivity contribution in [1.29, 1.82) is 0 Å². The van der Waals surface area contributed by atoms with E-state index in [0.717, 1.165) is 6.07 Å².